The van der Waals surface area contributed by atoms with Crippen molar-refractivity contribution in [3.8, 4) is 0 Å². The Hall–Kier alpha value is -1.66. The van der Waals surface area contributed by atoms with E-state index in [4.69, 9.17) is 5.41 Å². The second-order valence-corrected chi connectivity index (χ2v) is 2.71. The fraction of sp³-hybridized carbons (Fsp3) is 0.222. The van der Waals surface area contributed by atoms with E-state index in [-0.39, 0.29) is 6.61 Å². The molecule has 0 spiro atoms. The highest BCUT2D eigenvalue weighted by Gasteiger charge is 2.28. The molecule has 7 heteroatoms. The average Bonchev–Trinajstić information content (AvgIpc) is 2.24. The molecule has 0 unspecified atom stereocenters. The van der Waals surface area contributed by atoms with Crippen LogP contribution in [0, 0.1) is 34.5 Å². The van der Waals surface area contributed by atoms with Crippen molar-refractivity contribution < 1.29 is 26.7 Å². The van der Waals surface area contributed by atoms with E-state index in [2.05, 4.69) is 4.74 Å². The molecule has 1 N–H and O–H groups in total. The largest absolute Gasteiger partial charge is 0.478 e. The number of halogens is 5. The van der Waals surface area contributed by atoms with E-state index in [1.165, 1.54) is 6.92 Å². The highest BCUT2D eigenvalue weighted by molar-refractivity contribution is 5.92. The lowest BCUT2D eigenvalue weighted by molar-refractivity contribution is 0.316. The van der Waals surface area contributed by atoms with Gasteiger partial charge in [0.1, 0.15) is 5.56 Å². The number of rotatable bonds is 2. The molecular formula is C9H6F5NO. The third kappa shape index (κ3) is 1.84. The van der Waals surface area contributed by atoms with E-state index < -0.39 is 40.5 Å². The smallest absolute Gasteiger partial charge is 0.219 e. The van der Waals surface area contributed by atoms with Crippen LogP contribution in [0.2, 0.25) is 0 Å². The molecule has 16 heavy (non-hydrogen) atoms. The molecule has 2 nitrogen and oxygen atoms in total. The molecule has 88 valence electrons. The molecule has 1 rings (SSSR count). The van der Waals surface area contributed by atoms with E-state index in [1.54, 1.807) is 0 Å². The lowest BCUT2D eigenvalue weighted by Crippen LogP contribution is -2.15. The topological polar surface area (TPSA) is 33.1 Å². The fourth-order valence-electron chi connectivity index (χ4n) is 1.02. The Kier molecular flexibility index (Phi) is 3.46. The highest BCUT2D eigenvalue weighted by atomic mass is 19.2. The van der Waals surface area contributed by atoms with Gasteiger partial charge in [-0.15, -0.1) is 0 Å². The molecule has 0 aliphatic heterocycles. The Morgan fingerprint density at radius 3 is 1.69 bits per heavy atom. The van der Waals surface area contributed by atoms with Gasteiger partial charge < -0.3 is 4.74 Å². The fourth-order valence-corrected chi connectivity index (χ4v) is 1.02. The van der Waals surface area contributed by atoms with Crippen molar-refractivity contribution in [3.05, 3.63) is 34.6 Å². The summed E-state index contributed by atoms with van der Waals surface area (Å²) in [5.41, 5.74) is -1.36. The van der Waals surface area contributed by atoms with E-state index in [1.807, 2.05) is 0 Å². The Bertz CT molecular complexity index is 417. The van der Waals surface area contributed by atoms with Crippen LogP contribution in [0.4, 0.5) is 22.0 Å². The lowest BCUT2D eigenvalue weighted by Gasteiger charge is -2.09. The first-order chi connectivity index (χ1) is 7.41. The predicted octanol–water partition coefficient (Wildman–Crippen LogP) is 2.74. The number of ether oxygens (including phenoxy) is 1. The van der Waals surface area contributed by atoms with Crippen molar-refractivity contribution in [2.45, 2.75) is 6.92 Å². The predicted molar refractivity (Wildman–Crippen MR) is 44.7 cm³/mol. The van der Waals surface area contributed by atoms with Crippen molar-refractivity contribution in [1.82, 2.24) is 0 Å². The number of hydrogen-bond acceptors (Lipinski definition) is 2. The number of benzene rings is 1. The second kappa shape index (κ2) is 4.46. The Balaban J connectivity index is 3.45. The molecule has 0 fully saturated rings. The minimum absolute atomic E-state index is 0.127. The summed E-state index contributed by atoms with van der Waals surface area (Å²) >= 11 is 0. The van der Waals surface area contributed by atoms with Crippen LogP contribution in [0.15, 0.2) is 0 Å². The van der Waals surface area contributed by atoms with Gasteiger partial charge in [-0.25, -0.2) is 22.0 Å². The van der Waals surface area contributed by atoms with Crippen molar-refractivity contribution in [3.63, 3.8) is 0 Å². The van der Waals surface area contributed by atoms with Crippen LogP contribution >= 0.6 is 0 Å². The quantitative estimate of drug-likeness (QED) is 0.278. The van der Waals surface area contributed by atoms with Crippen LogP contribution in [0.3, 0.4) is 0 Å². The summed E-state index contributed by atoms with van der Waals surface area (Å²) in [6.07, 6.45) is 0. The van der Waals surface area contributed by atoms with Gasteiger partial charge in [0, 0.05) is 0 Å². The maximum Gasteiger partial charge on any atom is 0.219 e. The standard InChI is InChI=1S/C9H6F5NO/c1-2-16-9(15)3-4(10)6(12)8(14)7(13)5(3)11/h15H,2H2,1H3. The number of nitrogens with one attached hydrogen (secondary N) is 1. The van der Waals surface area contributed by atoms with E-state index in [0.29, 0.717) is 0 Å². The summed E-state index contributed by atoms with van der Waals surface area (Å²) in [4.78, 5) is 0. The molecule has 0 heterocycles. The maximum atomic E-state index is 13.0. The van der Waals surface area contributed by atoms with Gasteiger partial charge in [0.15, 0.2) is 23.3 Å². The molecule has 0 radical (unpaired) electrons. The van der Waals surface area contributed by atoms with Crippen molar-refractivity contribution >= 4 is 5.90 Å². The zero-order valence-electron chi connectivity index (χ0n) is 8.01. The lowest BCUT2D eigenvalue weighted by atomic mass is 10.1. The normalized spacial score (nSPS) is 10.4. The van der Waals surface area contributed by atoms with Gasteiger partial charge in [-0.1, -0.05) is 0 Å². The van der Waals surface area contributed by atoms with Crippen LogP contribution in [-0.4, -0.2) is 12.5 Å². The van der Waals surface area contributed by atoms with Gasteiger partial charge in [0.05, 0.1) is 6.61 Å². The van der Waals surface area contributed by atoms with E-state index in [9.17, 15) is 22.0 Å². The third-order valence-corrected chi connectivity index (χ3v) is 1.73. The first-order valence-electron chi connectivity index (χ1n) is 4.14. The van der Waals surface area contributed by atoms with Gasteiger partial charge in [0.2, 0.25) is 11.7 Å². The molecular weight excluding hydrogens is 233 g/mol. The average molecular weight is 239 g/mol. The second-order valence-electron chi connectivity index (χ2n) is 2.71. The molecule has 0 aromatic heterocycles. The van der Waals surface area contributed by atoms with Crippen LogP contribution in [0.25, 0.3) is 0 Å². The Labute approximate surface area is 87.2 Å². The SMILES string of the molecule is CCOC(=N)c1c(F)c(F)c(F)c(F)c1F. The monoisotopic (exact) mass is 239 g/mol. The third-order valence-electron chi connectivity index (χ3n) is 1.73. The molecule has 0 saturated carbocycles. The molecule has 0 aliphatic carbocycles. The minimum Gasteiger partial charge on any atom is -0.478 e. The van der Waals surface area contributed by atoms with Gasteiger partial charge in [-0.2, -0.15) is 0 Å². The summed E-state index contributed by atoms with van der Waals surface area (Å²) < 4.78 is 68.4. The molecule has 1 aromatic carbocycles. The molecule has 0 aliphatic rings. The number of hydrogen-bond donors (Lipinski definition) is 1. The van der Waals surface area contributed by atoms with Crippen LogP contribution < -0.4 is 0 Å². The summed E-state index contributed by atoms with van der Waals surface area (Å²) in [7, 11) is 0. The first kappa shape index (κ1) is 12.4. The summed E-state index contributed by atoms with van der Waals surface area (Å²) in [6, 6.07) is 0. The molecule has 0 saturated heterocycles. The summed E-state index contributed by atoms with van der Waals surface area (Å²) in [6.45, 7) is 1.28. The molecule has 0 amide bonds. The van der Waals surface area contributed by atoms with Gasteiger partial charge in [-0.3, -0.25) is 5.41 Å². The van der Waals surface area contributed by atoms with Gasteiger partial charge in [-0.05, 0) is 6.92 Å². The summed E-state index contributed by atoms with van der Waals surface area (Å²) in [5.74, 6) is -11.7. The Morgan fingerprint density at radius 1 is 0.938 bits per heavy atom. The molecule has 1 aromatic rings. The highest BCUT2D eigenvalue weighted by Crippen LogP contribution is 2.23. The van der Waals surface area contributed by atoms with Crippen LogP contribution in [0.1, 0.15) is 12.5 Å². The van der Waals surface area contributed by atoms with E-state index in [0.717, 1.165) is 0 Å². The zero-order valence-corrected chi connectivity index (χ0v) is 8.01. The zero-order chi connectivity index (χ0) is 12.5. The van der Waals surface area contributed by atoms with Gasteiger partial charge in [0.25, 0.3) is 0 Å². The van der Waals surface area contributed by atoms with Crippen molar-refractivity contribution in [1.29, 1.82) is 5.41 Å². The Morgan fingerprint density at radius 2 is 1.31 bits per heavy atom. The van der Waals surface area contributed by atoms with Gasteiger partial charge >= 0.3 is 0 Å². The minimum atomic E-state index is -2.26. The van der Waals surface area contributed by atoms with Crippen LogP contribution in [0.5, 0.6) is 0 Å². The van der Waals surface area contributed by atoms with E-state index >= 15 is 0 Å². The van der Waals surface area contributed by atoms with Crippen molar-refractivity contribution in [2.75, 3.05) is 6.61 Å². The summed E-state index contributed by atoms with van der Waals surface area (Å²) in [5, 5.41) is 7.02. The molecule has 0 bridgehead atoms. The maximum absolute atomic E-state index is 13.0. The van der Waals surface area contributed by atoms with Crippen molar-refractivity contribution in [2.24, 2.45) is 0 Å². The first-order valence-corrected chi connectivity index (χ1v) is 4.14. The van der Waals surface area contributed by atoms with Crippen LogP contribution in [-0.2, 0) is 4.74 Å². The molecule has 0 atom stereocenters.